The second-order valence-corrected chi connectivity index (χ2v) is 6.37. The number of hydrogen-bond acceptors (Lipinski definition) is 4. The molecule has 122 valence electrons. The Morgan fingerprint density at radius 1 is 1.41 bits per heavy atom. The van der Waals surface area contributed by atoms with Crippen LogP contribution < -0.4 is 10.9 Å². The second-order valence-electron chi connectivity index (χ2n) is 6.37. The van der Waals surface area contributed by atoms with Crippen LogP contribution in [-0.4, -0.2) is 44.1 Å². The van der Waals surface area contributed by atoms with Crippen molar-refractivity contribution in [1.82, 2.24) is 9.88 Å². The van der Waals surface area contributed by atoms with Crippen molar-refractivity contribution in [2.24, 2.45) is 5.92 Å². The van der Waals surface area contributed by atoms with E-state index in [1.807, 2.05) is 10.6 Å². The molecule has 22 heavy (non-hydrogen) atoms. The molecule has 1 aromatic rings. The van der Waals surface area contributed by atoms with Gasteiger partial charge in [-0.2, -0.15) is 0 Å². The van der Waals surface area contributed by atoms with E-state index in [0.717, 1.165) is 39.0 Å². The lowest BCUT2D eigenvalue weighted by atomic mass is 9.91. The molecule has 0 saturated carbocycles. The fourth-order valence-corrected chi connectivity index (χ4v) is 3.50. The van der Waals surface area contributed by atoms with Gasteiger partial charge in [-0.1, -0.05) is 6.07 Å². The first-order valence-corrected chi connectivity index (χ1v) is 8.29. The van der Waals surface area contributed by atoms with Crippen LogP contribution in [0.3, 0.4) is 0 Å². The molecule has 1 saturated heterocycles. The Morgan fingerprint density at radius 2 is 2.32 bits per heavy atom. The summed E-state index contributed by atoms with van der Waals surface area (Å²) in [5, 5.41) is 3.69. The third-order valence-electron chi connectivity index (χ3n) is 4.82. The molecule has 1 aliphatic carbocycles. The molecule has 0 unspecified atom stereocenters. The maximum Gasteiger partial charge on any atom is 0.250 e. The number of nitrogens with zero attached hydrogens (tertiary/aromatic N) is 1. The number of hydrogen-bond donors (Lipinski definition) is 1. The van der Waals surface area contributed by atoms with E-state index in [2.05, 4.69) is 5.32 Å². The summed E-state index contributed by atoms with van der Waals surface area (Å²) in [7, 11) is 1.67. The molecule has 0 amide bonds. The largest absolute Gasteiger partial charge is 0.383 e. The van der Waals surface area contributed by atoms with Crippen LogP contribution in [0.15, 0.2) is 16.9 Å². The lowest BCUT2D eigenvalue weighted by molar-refractivity contribution is 0.183. The van der Waals surface area contributed by atoms with Gasteiger partial charge in [-0.15, -0.1) is 0 Å². The average molecular weight is 306 g/mol. The monoisotopic (exact) mass is 306 g/mol. The normalized spacial score (nSPS) is 24.4. The van der Waals surface area contributed by atoms with Gasteiger partial charge in [0.15, 0.2) is 0 Å². The summed E-state index contributed by atoms with van der Waals surface area (Å²) in [4.78, 5) is 12.1. The number of fused-ring (bicyclic) bond motifs is 1. The maximum atomic E-state index is 12.1. The number of aromatic nitrogens is 1. The van der Waals surface area contributed by atoms with Gasteiger partial charge in [0.1, 0.15) is 0 Å². The van der Waals surface area contributed by atoms with Gasteiger partial charge in [0.2, 0.25) is 0 Å². The highest BCUT2D eigenvalue weighted by Gasteiger charge is 2.23. The Kier molecular flexibility index (Phi) is 5.28. The molecule has 0 bridgehead atoms. The van der Waals surface area contributed by atoms with Crippen LogP contribution in [0, 0.1) is 5.92 Å². The molecule has 1 N–H and O–H groups in total. The molecular formula is C17H26N2O3. The van der Waals surface area contributed by atoms with E-state index < -0.39 is 0 Å². The van der Waals surface area contributed by atoms with Gasteiger partial charge in [0, 0.05) is 44.6 Å². The Bertz CT molecular complexity index is 549. The molecule has 2 heterocycles. The van der Waals surface area contributed by atoms with Crippen molar-refractivity contribution in [3.05, 3.63) is 33.7 Å². The minimum Gasteiger partial charge on any atom is -0.383 e. The first-order valence-electron chi connectivity index (χ1n) is 8.29. The number of methoxy groups -OCH3 is 1. The van der Waals surface area contributed by atoms with Crippen molar-refractivity contribution in [2.75, 3.05) is 33.5 Å². The molecule has 5 heteroatoms. The summed E-state index contributed by atoms with van der Waals surface area (Å²) in [5.41, 5.74) is 2.60. The van der Waals surface area contributed by atoms with Gasteiger partial charge in [-0.3, -0.25) is 4.79 Å². The lowest BCUT2D eigenvalue weighted by Gasteiger charge is -2.28. The third kappa shape index (κ3) is 3.59. The molecule has 0 radical (unpaired) electrons. The van der Waals surface area contributed by atoms with Crippen molar-refractivity contribution < 1.29 is 9.47 Å². The third-order valence-corrected chi connectivity index (χ3v) is 4.82. The van der Waals surface area contributed by atoms with E-state index >= 15 is 0 Å². The molecule has 2 atom stereocenters. The molecule has 5 nitrogen and oxygen atoms in total. The first kappa shape index (κ1) is 15.7. The Hall–Kier alpha value is -1.17. The zero-order valence-electron chi connectivity index (χ0n) is 13.3. The maximum absolute atomic E-state index is 12.1. The molecule has 1 fully saturated rings. The van der Waals surface area contributed by atoms with Crippen LogP contribution in [0.2, 0.25) is 0 Å². The van der Waals surface area contributed by atoms with Crippen molar-refractivity contribution in [1.29, 1.82) is 0 Å². The number of pyridine rings is 1. The standard InChI is InChI=1S/C17H26N2O3/c1-21-9-7-19-16-4-3-15(10-14(16)2-5-17(19)20)18-11-13-6-8-22-12-13/h2,5,13,15,18H,3-4,6-12H2,1H3/t13-,15-/m1/s1. The van der Waals surface area contributed by atoms with E-state index in [0.29, 0.717) is 25.1 Å². The molecule has 2 aliphatic rings. The van der Waals surface area contributed by atoms with Crippen LogP contribution in [0.4, 0.5) is 0 Å². The smallest absolute Gasteiger partial charge is 0.250 e. The van der Waals surface area contributed by atoms with Crippen molar-refractivity contribution >= 4 is 0 Å². The van der Waals surface area contributed by atoms with Crippen LogP contribution in [-0.2, 0) is 28.9 Å². The second kappa shape index (κ2) is 7.40. The zero-order valence-corrected chi connectivity index (χ0v) is 13.3. The Morgan fingerprint density at radius 3 is 3.09 bits per heavy atom. The zero-order chi connectivity index (χ0) is 15.4. The molecule has 1 aliphatic heterocycles. The summed E-state index contributed by atoms with van der Waals surface area (Å²) < 4.78 is 12.4. The minimum absolute atomic E-state index is 0.0883. The molecule has 0 spiro atoms. The predicted molar refractivity (Wildman–Crippen MR) is 85.3 cm³/mol. The summed E-state index contributed by atoms with van der Waals surface area (Å²) in [6.45, 7) is 4.08. The van der Waals surface area contributed by atoms with Gasteiger partial charge in [-0.25, -0.2) is 0 Å². The highest BCUT2D eigenvalue weighted by molar-refractivity contribution is 5.25. The van der Waals surface area contributed by atoms with Gasteiger partial charge in [0.25, 0.3) is 5.56 Å². The first-order chi connectivity index (χ1) is 10.8. The van der Waals surface area contributed by atoms with Gasteiger partial charge in [0.05, 0.1) is 13.2 Å². The average Bonchev–Trinajstić information content (AvgIpc) is 3.05. The summed E-state index contributed by atoms with van der Waals surface area (Å²) in [6.07, 6.45) is 4.24. The molecular weight excluding hydrogens is 280 g/mol. The van der Waals surface area contributed by atoms with E-state index in [1.165, 1.54) is 17.7 Å². The van der Waals surface area contributed by atoms with E-state index in [1.54, 1.807) is 13.2 Å². The van der Waals surface area contributed by atoms with Crippen molar-refractivity contribution in [2.45, 2.75) is 38.3 Å². The summed E-state index contributed by atoms with van der Waals surface area (Å²) >= 11 is 0. The number of nitrogens with one attached hydrogen (secondary N) is 1. The Balaban J connectivity index is 1.63. The quantitative estimate of drug-likeness (QED) is 0.851. The van der Waals surface area contributed by atoms with Crippen LogP contribution in [0.25, 0.3) is 0 Å². The summed E-state index contributed by atoms with van der Waals surface area (Å²) in [6, 6.07) is 4.22. The fraction of sp³-hybridized carbons (Fsp3) is 0.706. The van der Waals surface area contributed by atoms with E-state index in [4.69, 9.17) is 9.47 Å². The van der Waals surface area contributed by atoms with E-state index in [-0.39, 0.29) is 5.56 Å². The predicted octanol–water partition coefficient (Wildman–Crippen LogP) is 0.978. The minimum atomic E-state index is 0.0883. The van der Waals surface area contributed by atoms with Gasteiger partial charge in [-0.05, 0) is 37.2 Å². The molecule has 0 aromatic carbocycles. The van der Waals surface area contributed by atoms with Crippen LogP contribution in [0.1, 0.15) is 24.1 Å². The van der Waals surface area contributed by atoms with Crippen LogP contribution in [0.5, 0.6) is 0 Å². The SMILES string of the molecule is COCCn1c2c(ccc1=O)C[C@H](NC[C@H]1CCOC1)CC2. The highest BCUT2D eigenvalue weighted by Crippen LogP contribution is 2.21. The molecule has 1 aromatic heterocycles. The number of ether oxygens (including phenoxy) is 2. The van der Waals surface area contributed by atoms with Crippen molar-refractivity contribution in [3.63, 3.8) is 0 Å². The lowest BCUT2D eigenvalue weighted by Crippen LogP contribution is -2.39. The van der Waals surface area contributed by atoms with E-state index in [9.17, 15) is 4.79 Å². The van der Waals surface area contributed by atoms with Crippen molar-refractivity contribution in [3.8, 4) is 0 Å². The van der Waals surface area contributed by atoms with Crippen LogP contribution >= 0.6 is 0 Å². The summed E-state index contributed by atoms with van der Waals surface area (Å²) in [5.74, 6) is 0.664. The Labute approximate surface area is 131 Å². The highest BCUT2D eigenvalue weighted by atomic mass is 16.5. The fourth-order valence-electron chi connectivity index (χ4n) is 3.50. The molecule has 3 rings (SSSR count). The van der Waals surface area contributed by atoms with Gasteiger partial charge >= 0.3 is 0 Å². The van der Waals surface area contributed by atoms with Gasteiger partial charge < -0.3 is 19.4 Å². The number of rotatable bonds is 6. The topological polar surface area (TPSA) is 52.5 Å².